The fourth-order valence-corrected chi connectivity index (χ4v) is 4.88. The van der Waals surface area contributed by atoms with Crippen LogP contribution in [0.25, 0.3) is 11.0 Å². The molecule has 2 N–H and O–H groups in total. The van der Waals surface area contributed by atoms with Crippen LogP contribution in [-0.2, 0) is 4.74 Å². The number of fused-ring (bicyclic) bond motifs is 1. The number of benzene rings is 1. The van der Waals surface area contributed by atoms with E-state index in [9.17, 15) is 9.90 Å². The van der Waals surface area contributed by atoms with Gasteiger partial charge in [-0.3, -0.25) is 14.3 Å². The second-order valence-electron chi connectivity index (χ2n) is 9.33. The molecule has 3 aromatic rings. The maximum absolute atomic E-state index is 12.7. The lowest BCUT2D eigenvalue weighted by Crippen LogP contribution is -2.42. The fraction of sp³-hybridized carbons (Fsp3) is 0.500. The van der Waals surface area contributed by atoms with Gasteiger partial charge in [0.25, 0.3) is 5.56 Å². The first-order chi connectivity index (χ1) is 17.2. The highest BCUT2D eigenvalue weighted by molar-refractivity contribution is 5.75. The molecule has 0 spiro atoms. The van der Waals surface area contributed by atoms with Crippen molar-refractivity contribution < 1.29 is 14.6 Å². The van der Waals surface area contributed by atoms with E-state index in [0.717, 1.165) is 49.8 Å². The van der Waals surface area contributed by atoms with Crippen molar-refractivity contribution in [3.63, 3.8) is 0 Å². The van der Waals surface area contributed by atoms with Gasteiger partial charge in [-0.25, -0.2) is 4.98 Å². The molecule has 2 aliphatic rings. The van der Waals surface area contributed by atoms with Gasteiger partial charge in [-0.15, -0.1) is 0 Å². The van der Waals surface area contributed by atoms with E-state index in [-0.39, 0.29) is 18.2 Å². The number of ether oxygens (including phenoxy) is 2. The second kappa shape index (κ2) is 11.2. The zero-order valence-electron chi connectivity index (χ0n) is 19.9. The highest BCUT2D eigenvalue weighted by Gasteiger charge is 2.19. The van der Waals surface area contributed by atoms with Crippen LogP contribution in [0.1, 0.15) is 38.1 Å². The van der Waals surface area contributed by atoms with Crippen LogP contribution in [0.4, 0.5) is 11.6 Å². The summed E-state index contributed by atoms with van der Waals surface area (Å²) in [4.78, 5) is 24.0. The molecule has 2 aromatic heterocycles. The topological polar surface area (TPSA) is 102 Å². The largest absolute Gasteiger partial charge is 0.491 e. The molecule has 9 heteroatoms. The Hall–Kier alpha value is -3.01. The van der Waals surface area contributed by atoms with E-state index in [2.05, 4.69) is 15.2 Å². The number of hydrogen-bond donors (Lipinski definition) is 2. The molecule has 186 valence electrons. The third-order valence-corrected chi connectivity index (χ3v) is 6.73. The molecule has 3 heterocycles. The SMILES string of the molecule is O=c1ccc2cnc(Nc3ccc(OCC(O)CN4CCOCC4)cc3)nc2n1C1CCCCC1. The van der Waals surface area contributed by atoms with Gasteiger partial charge in [0.05, 0.1) is 13.2 Å². The number of hydrogen-bond acceptors (Lipinski definition) is 8. The van der Waals surface area contributed by atoms with Gasteiger partial charge in [-0.05, 0) is 43.2 Å². The van der Waals surface area contributed by atoms with E-state index < -0.39 is 6.10 Å². The average molecular weight is 480 g/mol. The third-order valence-electron chi connectivity index (χ3n) is 6.73. The first-order valence-corrected chi connectivity index (χ1v) is 12.5. The summed E-state index contributed by atoms with van der Waals surface area (Å²) >= 11 is 0. The van der Waals surface area contributed by atoms with E-state index in [1.165, 1.54) is 6.42 Å². The lowest BCUT2D eigenvalue weighted by atomic mass is 9.95. The van der Waals surface area contributed by atoms with Crippen molar-refractivity contribution in [1.82, 2.24) is 19.4 Å². The van der Waals surface area contributed by atoms with E-state index >= 15 is 0 Å². The van der Waals surface area contributed by atoms with Crippen LogP contribution in [0.15, 0.2) is 47.4 Å². The van der Waals surface area contributed by atoms with Crippen molar-refractivity contribution in [3.8, 4) is 5.75 Å². The van der Waals surface area contributed by atoms with Crippen LogP contribution in [0.3, 0.4) is 0 Å². The lowest BCUT2D eigenvalue weighted by molar-refractivity contribution is 0.00466. The van der Waals surface area contributed by atoms with Crippen LogP contribution in [0.5, 0.6) is 5.75 Å². The Bertz CT molecular complexity index is 1170. The van der Waals surface area contributed by atoms with Crippen molar-refractivity contribution in [2.75, 3.05) is 44.8 Å². The van der Waals surface area contributed by atoms with Gasteiger partial charge < -0.3 is 19.9 Å². The minimum atomic E-state index is -0.557. The number of β-amino-alcohol motifs (C(OH)–C–C–N with tert-alkyl or cyclic N) is 1. The Morgan fingerprint density at radius 3 is 2.63 bits per heavy atom. The van der Waals surface area contributed by atoms with Crippen molar-refractivity contribution in [2.45, 2.75) is 44.2 Å². The Labute approximate surface area is 204 Å². The van der Waals surface area contributed by atoms with Crippen LogP contribution < -0.4 is 15.6 Å². The quantitative estimate of drug-likeness (QED) is 0.508. The van der Waals surface area contributed by atoms with Gasteiger partial charge in [0.1, 0.15) is 24.1 Å². The summed E-state index contributed by atoms with van der Waals surface area (Å²) in [5.41, 5.74) is 1.48. The monoisotopic (exact) mass is 479 g/mol. The fourth-order valence-electron chi connectivity index (χ4n) is 4.88. The zero-order valence-corrected chi connectivity index (χ0v) is 19.9. The van der Waals surface area contributed by atoms with E-state index in [0.29, 0.717) is 37.1 Å². The van der Waals surface area contributed by atoms with E-state index in [1.54, 1.807) is 18.3 Å². The lowest BCUT2D eigenvalue weighted by Gasteiger charge is -2.28. The van der Waals surface area contributed by atoms with Crippen molar-refractivity contribution in [3.05, 3.63) is 52.9 Å². The second-order valence-corrected chi connectivity index (χ2v) is 9.33. The minimum absolute atomic E-state index is 0.00800. The molecule has 1 unspecified atom stereocenters. The summed E-state index contributed by atoms with van der Waals surface area (Å²) in [5, 5.41) is 14.4. The van der Waals surface area contributed by atoms with Gasteiger partial charge >= 0.3 is 0 Å². The Morgan fingerprint density at radius 2 is 1.86 bits per heavy atom. The molecule has 5 rings (SSSR count). The van der Waals surface area contributed by atoms with Crippen molar-refractivity contribution in [1.29, 1.82) is 0 Å². The summed E-state index contributed by atoms with van der Waals surface area (Å²) in [6.45, 7) is 3.91. The van der Waals surface area contributed by atoms with Crippen LogP contribution in [0, 0.1) is 0 Å². The van der Waals surface area contributed by atoms with E-state index in [1.807, 2.05) is 28.8 Å². The molecular formula is C26H33N5O4. The molecule has 1 atom stereocenters. The molecule has 0 bridgehead atoms. The van der Waals surface area contributed by atoms with Crippen LogP contribution in [-0.4, -0.2) is 70.1 Å². The van der Waals surface area contributed by atoms with Crippen LogP contribution in [0.2, 0.25) is 0 Å². The van der Waals surface area contributed by atoms with Gasteiger partial charge in [0, 0.05) is 49.0 Å². The highest BCUT2D eigenvalue weighted by atomic mass is 16.5. The minimum Gasteiger partial charge on any atom is -0.491 e. The molecule has 1 saturated heterocycles. The number of nitrogens with zero attached hydrogens (tertiary/aromatic N) is 4. The predicted molar refractivity (Wildman–Crippen MR) is 134 cm³/mol. The molecule has 1 aromatic carbocycles. The molecule has 35 heavy (non-hydrogen) atoms. The molecule has 0 radical (unpaired) electrons. The van der Waals surface area contributed by atoms with Crippen molar-refractivity contribution in [2.24, 2.45) is 0 Å². The number of rotatable bonds is 8. The summed E-state index contributed by atoms with van der Waals surface area (Å²) in [6, 6.07) is 11.1. The van der Waals surface area contributed by atoms with Crippen LogP contribution >= 0.6 is 0 Å². The maximum Gasteiger partial charge on any atom is 0.252 e. The number of anilines is 2. The number of aromatic nitrogens is 3. The summed E-state index contributed by atoms with van der Waals surface area (Å²) in [7, 11) is 0. The molecule has 0 amide bonds. The Kier molecular flexibility index (Phi) is 7.56. The molecule has 9 nitrogen and oxygen atoms in total. The highest BCUT2D eigenvalue weighted by Crippen LogP contribution is 2.29. The van der Waals surface area contributed by atoms with E-state index in [4.69, 9.17) is 14.5 Å². The number of nitrogens with one attached hydrogen (secondary N) is 1. The number of aliphatic hydroxyl groups excluding tert-OH is 1. The number of aliphatic hydroxyl groups is 1. The summed E-state index contributed by atoms with van der Waals surface area (Å²) < 4.78 is 13.0. The number of morpholine rings is 1. The first kappa shape index (κ1) is 23.7. The Balaban J connectivity index is 1.23. The summed E-state index contributed by atoms with van der Waals surface area (Å²) in [5.74, 6) is 1.13. The third kappa shape index (κ3) is 5.98. The van der Waals surface area contributed by atoms with Gasteiger partial charge in [-0.1, -0.05) is 19.3 Å². The molecule has 2 fully saturated rings. The predicted octanol–water partition coefficient (Wildman–Crippen LogP) is 3.11. The Morgan fingerprint density at radius 1 is 1.09 bits per heavy atom. The van der Waals surface area contributed by atoms with Gasteiger partial charge in [-0.2, -0.15) is 4.98 Å². The molecular weight excluding hydrogens is 446 g/mol. The average Bonchev–Trinajstić information content (AvgIpc) is 2.89. The maximum atomic E-state index is 12.7. The molecule has 1 aliphatic carbocycles. The summed E-state index contributed by atoms with van der Waals surface area (Å²) in [6.07, 6.45) is 6.73. The number of pyridine rings is 1. The van der Waals surface area contributed by atoms with Crippen molar-refractivity contribution >= 4 is 22.7 Å². The molecule has 1 aliphatic heterocycles. The smallest absolute Gasteiger partial charge is 0.252 e. The standard InChI is InChI=1S/C26H33N5O4/c32-22(17-30-12-14-34-15-13-30)18-35-23-9-7-20(8-10-23)28-26-27-16-19-6-11-24(33)31(25(19)29-26)21-4-2-1-3-5-21/h6-11,16,21-22,32H,1-5,12-15,17-18H2,(H,27,28,29). The molecule has 1 saturated carbocycles. The normalized spacial score (nSPS) is 18.4. The first-order valence-electron chi connectivity index (χ1n) is 12.5. The van der Waals surface area contributed by atoms with Gasteiger partial charge in [0.2, 0.25) is 5.95 Å². The van der Waals surface area contributed by atoms with Gasteiger partial charge in [0.15, 0.2) is 0 Å². The zero-order chi connectivity index (χ0) is 24.0.